The van der Waals surface area contributed by atoms with Gasteiger partial charge in [0.15, 0.2) is 0 Å². The first-order valence-corrected chi connectivity index (χ1v) is 13.5. The van der Waals surface area contributed by atoms with Gasteiger partial charge in [0, 0.05) is 23.0 Å². The zero-order valence-corrected chi connectivity index (χ0v) is 23.0. The smallest absolute Gasteiger partial charge is 0.316 e. The van der Waals surface area contributed by atoms with Crippen LogP contribution in [0.25, 0.3) is 15.9 Å². The van der Waals surface area contributed by atoms with Crippen molar-refractivity contribution >= 4 is 56.8 Å². The van der Waals surface area contributed by atoms with Crippen LogP contribution in [0.5, 0.6) is 0 Å². The highest BCUT2D eigenvalue weighted by Crippen LogP contribution is 2.39. The number of halogens is 4. The van der Waals surface area contributed by atoms with Crippen LogP contribution >= 0.6 is 34.7 Å². The molecule has 0 atom stereocenters. The highest BCUT2D eigenvalue weighted by Gasteiger charge is 2.31. The Morgan fingerprint density at radius 2 is 1.90 bits per heavy atom. The van der Waals surface area contributed by atoms with Crippen molar-refractivity contribution in [3.8, 4) is 5.69 Å². The molecule has 2 aromatic carbocycles. The second-order valence-corrected chi connectivity index (χ2v) is 11.4. The fourth-order valence-corrected chi connectivity index (χ4v) is 6.49. The van der Waals surface area contributed by atoms with E-state index in [4.69, 9.17) is 11.6 Å². The second kappa shape index (κ2) is 10.6. The van der Waals surface area contributed by atoms with E-state index in [0.29, 0.717) is 36.3 Å². The maximum atomic E-state index is 13.3. The van der Waals surface area contributed by atoms with Crippen LogP contribution < -0.4 is 5.56 Å². The highest BCUT2D eigenvalue weighted by atomic mass is 35.5. The molecule has 3 heterocycles. The number of para-hydroxylation sites is 1. The average molecular weight is 604 g/mol. The lowest BCUT2D eigenvalue weighted by Gasteiger charge is -2.14. The van der Waals surface area contributed by atoms with Gasteiger partial charge in [-0.3, -0.25) is 14.9 Å². The summed E-state index contributed by atoms with van der Waals surface area (Å²) in [4.78, 5) is 29.2. The van der Waals surface area contributed by atoms with Crippen LogP contribution in [0.1, 0.15) is 22.5 Å². The van der Waals surface area contributed by atoms with Gasteiger partial charge in [-0.05, 0) is 50.2 Å². The van der Waals surface area contributed by atoms with Gasteiger partial charge in [-0.2, -0.15) is 22.9 Å². The molecule has 0 aliphatic rings. The number of thiophene rings is 1. The monoisotopic (exact) mass is 603 g/mol. The Morgan fingerprint density at radius 1 is 1.15 bits per heavy atom. The van der Waals surface area contributed by atoms with E-state index >= 15 is 0 Å². The summed E-state index contributed by atoms with van der Waals surface area (Å²) in [5.41, 5.74) is 0.629. The summed E-state index contributed by atoms with van der Waals surface area (Å²) >= 11 is 8.65. The third-order valence-corrected chi connectivity index (χ3v) is 8.53. The number of hydrogen-bond donors (Lipinski definition) is 0. The molecule has 204 valence electrons. The molecule has 0 N–H and O–H groups in total. The third kappa shape index (κ3) is 5.27. The van der Waals surface area contributed by atoms with Crippen molar-refractivity contribution in [2.75, 3.05) is 0 Å². The van der Waals surface area contributed by atoms with E-state index in [1.165, 1.54) is 47.8 Å². The number of fused-ring (bicyclic) bond motifs is 1. The molecule has 14 heteroatoms. The molecule has 0 aliphatic carbocycles. The van der Waals surface area contributed by atoms with E-state index < -0.39 is 22.2 Å². The maximum absolute atomic E-state index is 13.3. The Labute approximate surface area is 237 Å². The van der Waals surface area contributed by atoms with E-state index in [2.05, 4.69) is 10.1 Å². The molecular weight excluding hydrogens is 587 g/mol. The van der Waals surface area contributed by atoms with E-state index in [1.807, 2.05) is 0 Å². The first-order chi connectivity index (χ1) is 18.9. The maximum Gasteiger partial charge on any atom is 0.416 e. The van der Waals surface area contributed by atoms with Gasteiger partial charge in [0.2, 0.25) is 0 Å². The van der Waals surface area contributed by atoms with Crippen molar-refractivity contribution < 1.29 is 18.1 Å². The Kier molecular flexibility index (Phi) is 7.29. The predicted octanol–water partition coefficient (Wildman–Crippen LogP) is 7.48. The number of nitro benzene ring substituents is 1. The quantitative estimate of drug-likeness (QED) is 0.114. The van der Waals surface area contributed by atoms with Gasteiger partial charge in [0.1, 0.15) is 11.2 Å². The fraction of sp³-hybridized carbons (Fsp3) is 0.115. The second-order valence-electron chi connectivity index (χ2n) is 8.58. The van der Waals surface area contributed by atoms with Crippen molar-refractivity contribution in [1.29, 1.82) is 0 Å². The minimum absolute atomic E-state index is 0.0380. The highest BCUT2D eigenvalue weighted by molar-refractivity contribution is 8.01. The molecule has 0 radical (unpaired) electrons. The van der Waals surface area contributed by atoms with E-state index in [9.17, 15) is 28.1 Å². The summed E-state index contributed by atoms with van der Waals surface area (Å²) in [5, 5.41) is 16.0. The molecule has 0 unspecified atom stereocenters. The van der Waals surface area contributed by atoms with Crippen LogP contribution in [0, 0.1) is 24.0 Å². The molecule has 5 rings (SSSR count). The molecule has 0 spiro atoms. The fourth-order valence-electron chi connectivity index (χ4n) is 4.10. The van der Waals surface area contributed by atoms with Gasteiger partial charge < -0.3 is 4.57 Å². The molecule has 0 saturated heterocycles. The summed E-state index contributed by atoms with van der Waals surface area (Å²) in [6, 6.07) is 12.8. The zero-order chi connectivity index (χ0) is 28.8. The molecule has 5 aromatic rings. The number of aromatic nitrogens is 3. The summed E-state index contributed by atoms with van der Waals surface area (Å²) in [5.74, 6) is 0. The van der Waals surface area contributed by atoms with Crippen LogP contribution in [-0.4, -0.2) is 25.4 Å². The first kappa shape index (κ1) is 27.6. The minimum atomic E-state index is -4.53. The number of aryl methyl sites for hydroxylation is 1. The summed E-state index contributed by atoms with van der Waals surface area (Å²) in [6.07, 6.45) is -1.84. The molecule has 0 saturated carbocycles. The standard InChI is InChI=1S/C26H17ClF3N5O3S2/c1-14-9-16(15(2)34(14)21-10-17(26(28,29)30)7-8-19(21)27)12-32-33-13-31-24-18(25(33)36)11-23(40-24)39-22-6-4-3-5-20(22)35(37)38/h3-13H,1-2H3. The first-order valence-electron chi connectivity index (χ1n) is 11.5. The van der Waals surface area contributed by atoms with Gasteiger partial charge >= 0.3 is 6.18 Å². The van der Waals surface area contributed by atoms with Crippen LogP contribution in [0.2, 0.25) is 5.02 Å². The largest absolute Gasteiger partial charge is 0.416 e. The van der Waals surface area contributed by atoms with E-state index in [1.54, 1.807) is 48.7 Å². The minimum Gasteiger partial charge on any atom is -0.316 e. The Bertz CT molecular complexity index is 1880. The van der Waals surface area contributed by atoms with Crippen LogP contribution in [0.3, 0.4) is 0 Å². The van der Waals surface area contributed by atoms with Crippen LogP contribution in [0.4, 0.5) is 18.9 Å². The van der Waals surface area contributed by atoms with Gasteiger partial charge in [0.05, 0.1) is 41.9 Å². The average Bonchev–Trinajstić information content (AvgIpc) is 3.43. The molecular formula is C26H17ClF3N5O3S2. The molecule has 0 bridgehead atoms. The predicted molar refractivity (Wildman–Crippen MR) is 149 cm³/mol. The summed E-state index contributed by atoms with van der Waals surface area (Å²) in [7, 11) is 0. The topological polar surface area (TPSA) is 95.3 Å². The van der Waals surface area contributed by atoms with Gasteiger partial charge in [-0.25, -0.2) is 4.98 Å². The lowest BCUT2D eigenvalue weighted by molar-refractivity contribution is -0.387. The third-order valence-electron chi connectivity index (χ3n) is 5.99. The number of nitro groups is 1. The Balaban J connectivity index is 1.47. The Hall–Kier alpha value is -3.94. The van der Waals surface area contributed by atoms with Gasteiger partial charge in [0.25, 0.3) is 11.2 Å². The summed E-state index contributed by atoms with van der Waals surface area (Å²) < 4.78 is 43.2. The number of nitrogens with zero attached hydrogens (tertiary/aromatic N) is 5. The summed E-state index contributed by atoms with van der Waals surface area (Å²) in [6.45, 7) is 3.43. The van der Waals surface area contributed by atoms with Crippen LogP contribution in [0.15, 0.2) is 79.9 Å². The van der Waals surface area contributed by atoms with Gasteiger partial charge in [-0.1, -0.05) is 35.5 Å². The lowest BCUT2D eigenvalue weighted by Crippen LogP contribution is -2.16. The number of rotatable bonds is 6. The van der Waals surface area contributed by atoms with Crippen molar-refractivity contribution in [2.24, 2.45) is 5.10 Å². The number of benzene rings is 2. The molecule has 0 fully saturated rings. The molecule has 8 nitrogen and oxygen atoms in total. The van der Waals surface area contributed by atoms with Gasteiger partial charge in [-0.15, -0.1) is 11.3 Å². The molecule has 0 aliphatic heterocycles. The normalized spacial score (nSPS) is 12.1. The van der Waals surface area contributed by atoms with E-state index in [-0.39, 0.29) is 16.4 Å². The van der Waals surface area contributed by atoms with Crippen molar-refractivity contribution in [3.63, 3.8) is 0 Å². The molecule has 40 heavy (non-hydrogen) atoms. The van der Waals surface area contributed by atoms with E-state index in [0.717, 1.165) is 16.8 Å². The van der Waals surface area contributed by atoms with Crippen molar-refractivity contribution in [1.82, 2.24) is 14.2 Å². The number of hydrogen-bond acceptors (Lipinski definition) is 7. The number of alkyl halides is 3. The van der Waals surface area contributed by atoms with Crippen molar-refractivity contribution in [3.05, 3.63) is 109 Å². The molecule has 0 amide bonds. The molecule has 3 aromatic heterocycles. The van der Waals surface area contributed by atoms with Crippen LogP contribution in [-0.2, 0) is 6.18 Å². The van der Waals surface area contributed by atoms with Crippen molar-refractivity contribution in [2.45, 2.75) is 29.1 Å². The zero-order valence-electron chi connectivity index (χ0n) is 20.6. The SMILES string of the molecule is Cc1cc(C=Nn2cnc3sc(Sc4ccccc4[N+](=O)[O-])cc3c2=O)c(C)n1-c1cc(C(F)(F)F)ccc1Cl. The Morgan fingerprint density at radius 3 is 2.62 bits per heavy atom. The lowest BCUT2D eigenvalue weighted by atomic mass is 10.2.